The first-order valence-corrected chi connectivity index (χ1v) is 0.548. The van der Waals surface area contributed by atoms with Crippen LogP contribution in [0.4, 0.5) is 0 Å². The Kier molecular flexibility index (Phi) is 25.4. The van der Waals surface area contributed by atoms with E-state index in [0.717, 1.165) is 0 Å². The molecule has 0 bridgehead atoms. The third-order valence-corrected chi connectivity index (χ3v) is 0. The average Bonchev–Trinajstić information content (AvgIpc) is 0.811. The van der Waals surface area contributed by atoms with Crippen LogP contribution in [0.3, 0.4) is 0 Å². The van der Waals surface area contributed by atoms with Gasteiger partial charge in [-0.2, -0.15) is 0 Å². The maximum atomic E-state index is 8.25. The first-order valence-electron chi connectivity index (χ1n) is 0.548. The third-order valence-electron chi connectivity index (χ3n) is 0. The Morgan fingerprint density at radius 3 is 1.33 bits per heavy atom. The molecule has 6 heteroatoms. The van der Waals surface area contributed by atoms with Crippen LogP contribution in [0.2, 0.25) is 0 Å². The van der Waals surface area contributed by atoms with Crippen molar-refractivity contribution < 1.29 is 10.6 Å². The Morgan fingerprint density at radius 1 is 1.33 bits per heavy atom. The quantitative estimate of drug-likeness (QED) is 0.215. The molecule has 6 heavy (non-hydrogen) atoms. The first-order chi connectivity index (χ1) is 1.73. The van der Waals surface area contributed by atoms with E-state index in [1.165, 1.54) is 0 Å². The molecule has 0 spiro atoms. The fraction of sp³-hybridized carbons (Fsp3) is 0. The summed E-state index contributed by atoms with van der Waals surface area (Å²) in [5, 5.41) is 14.8. The van der Waals surface area contributed by atoms with Gasteiger partial charge in [0.15, 0.2) is 0 Å². The van der Waals surface area contributed by atoms with Crippen molar-refractivity contribution in [3.63, 3.8) is 0 Å². The summed E-state index contributed by atoms with van der Waals surface area (Å²) in [6.07, 6.45) is 0. The van der Waals surface area contributed by atoms with Gasteiger partial charge in [-0.1, -0.05) is 0 Å². The van der Waals surface area contributed by atoms with Crippen molar-refractivity contribution in [1.29, 1.82) is 0 Å². The molecule has 32 valence electrons. The molecule has 0 atom stereocenters. The average molecular weight is 107 g/mol. The molecule has 2 N–H and O–H groups in total. The Balaban J connectivity index is -0.0000000450. The van der Waals surface area contributed by atoms with Crippen molar-refractivity contribution in [3.8, 4) is 0 Å². The zero-order chi connectivity index (χ0) is 3.58. The Labute approximate surface area is 44.1 Å². The van der Waals surface area contributed by atoms with Crippen molar-refractivity contribution in [2.45, 2.75) is 0 Å². The van der Waals surface area contributed by atoms with Crippen molar-refractivity contribution in [3.05, 3.63) is 15.3 Å². The van der Waals surface area contributed by atoms with Gasteiger partial charge in [0.25, 0.3) is 0 Å². The summed E-state index contributed by atoms with van der Waals surface area (Å²) in [6, 6.07) is 0. The van der Waals surface area contributed by atoms with Gasteiger partial charge >= 0.3 is 17.4 Å². The standard InChI is InChI=1S/Al.NO3.H2O/c;2-1(3)4;/h;;1H2/q+3;-1;. The van der Waals surface area contributed by atoms with E-state index in [-0.39, 0.29) is 22.8 Å². The summed E-state index contributed by atoms with van der Waals surface area (Å²) in [6.45, 7) is 0. The second-order valence-electron chi connectivity index (χ2n) is 0.224. The third kappa shape index (κ3) is 283. The van der Waals surface area contributed by atoms with Crippen LogP contribution >= 0.6 is 0 Å². The molecule has 0 radical (unpaired) electrons. The van der Waals surface area contributed by atoms with Crippen molar-refractivity contribution >= 4 is 17.4 Å². The molecule has 0 unspecified atom stereocenters. The van der Waals surface area contributed by atoms with E-state index in [4.69, 9.17) is 15.3 Å². The molecular formula is H2AlNO4+2. The monoisotopic (exact) mass is 107 g/mol. The maximum Gasteiger partial charge on any atom is 3.00 e. The molecule has 0 amide bonds. The Hall–Kier alpha value is -0.308. The molecule has 0 aliphatic carbocycles. The minimum Gasteiger partial charge on any atom is -0.412 e. The molecule has 5 nitrogen and oxygen atoms in total. The minimum atomic E-state index is -1.75. The van der Waals surface area contributed by atoms with Crippen LogP contribution in [0.25, 0.3) is 0 Å². The fourth-order valence-electron chi connectivity index (χ4n) is 0. The maximum absolute atomic E-state index is 8.25. The van der Waals surface area contributed by atoms with Crippen LogP contribution in [0, 0.1) is 15.3 Å². The van der Waals surface area contributed by atoms with Gasteiger partial charge in [-0.25, -0.2) is 0 Å². The van der Waals surface area contributed by atoms with E-state index in [1.54, 1.807) is 0 Å². The van der Waals surface area contributed by atoms with Crippen molar-refractivity contribution in [2.75, 3.05) is 0 Å². The molecule has 0 aliphatic heterocycles. The Morgan fingerprint density at radius 2 is 1.33 bits per heavy atom. The molecule has 0 aromatic heterocycles. The molecule has 0 saturated heterocycles. The second-order valence-corrected chi connectivity index (χ2v) is 0.224. The minimum absolute atomic E-state index is 0. The Bertz CT molecular complexity index is 30.5. The predicted octanol–water partition coefficient (Wildman–Crippen LogP) is -1.44. The van der Waals surface area contributed by atoms with Gasteiger partial charge in [0.2, 0.25) is 0 Å². The van der Waals surface area contributed by atoms with Gasteiger partial charge in [0, 0.05) is 0 Å². The molecule has 0 heterocycles. The van der Waals surface area contributed by atoms with Crippen LogP contribution in [-0.2, 0) is 0 Å². The number of nitrogens with zero attached hydrogens (tertiary/aromatic N) is 1. The zero-order valence-electron chi connectivity index (χ0n) is 2.75. The summed E-state index contributed by atoms with van der Waals surface area (Å²) in [5.41, 5.74) is 0. The smallest absolute Gasteiger partial charge is 0.412 e. The molecule has 0 aromatic carbocycles. The molecule has 0 fully saturated rings. The van der Waals surface area contributed by atoms with E-state index in [9.17, 15) is 0 Å². The summed E-state index contributed by atoms with van der Waals surface area (Å²) >= 11 is 0. The van der Waals surface area contributed by atoms with Crippen LogP contribution in [-0.4, -0.2) is 27.9 Å². The SMILES string of the molecule is O.O=[N+]([O-])[O-].[Al+3]. The summed E-state index contributed by atoms with van der Waals surface area (Å²) in [5.74, 6) is 0. The van der Waals surface area contributed by atoms with Gasteiger partial charge in [-0.3, -0.25) is 0 Å². The van der Waals surface area contributed by atoms with E-state index < -0.39 is 5.09 Å². The number of hydrogen-bond acceptors (Lipinski definition) is 3. The normalized spacial score (nSPS) is 4.00. The van der Waals surface area contributed by atoms with Crippen LogP contribution in [0.15, 0.2) is 0 Å². The summed E-state index contributed by atoms with van der Waals surface area (Å²) in [7, 11) is 0. The van der Waals surface area contributed by atoms with Crippen LogP contribution in [0.1, 0.15) is 0 Å². The van der Waals surface area contributed by atoms with E-state index >= 15 is 0 Å². The summed E-state index contributed by atoms with van der Waals surface area (Å²) < 4.78 is 0. The summed E-state index contributed by atoms with van der Waals surface area (Å²) in [4.78, 5) is 8.25. The van der Waals surface area contributed by atoms with Crippen molar-refractivity contribution in [2.24, 2.45) is 0 Å². The molecule has 0 saturated carbocycles. The molecule has 0 rings (SSSR count). The zero-order valence-corrected chi connectivity index (χ0v) is 3.90. The van der Waals surface area contributed by atoms with Gasteiger partial charge in [-0.15, -0.1) is 0 Å². The molecule has 0 aliphatic rings. The van der Waals surface area contributed by atoms with Gasteiger partial charge in [-0.05, 0) is 0 Å². The van der Waals surface area contributed by atoms with Crippen LogP contribution < -0.4 is 0 Å². The van der Waals surface area contributed by atoms with E-state index in [1.807, 2.05) is 0 Å². The van der Waals surface area contributed by atoms with Gasteiger partial charge in [0.05, 0.1) is 5.09 Å². The molecular weight excluding hydrogens is 105 g/mol. The van der Waals surface area contributed by atoms with Crippen molar-refractivity contribution in [1.82, 2.24) is 0 Å². The van der Waals surface area contributed by atoms with E-state index in [2.05, 4.69) is 0 Å². The van der Waals surface area contributed by atoms with Crippen LogP contribution in [0.5, 0.6) is 0 Å². The predicted molar refractivity (Wildman–Crippen MR) is 19.7 cm³/mol. The van der Waals surface area contributed by atoms with E-state index in [0.29, 0.717) is 0 Å². The second kappa shape index (κ2) is 8.83. The largest absolute Gasteiger partial charge is 3.00 e. The topological polar surface area (TPSA) is 97.7 Å². The first kappa shape index (κ1) is 17.3. The number of hydrogen-bond donors (Lipinski definition) is 0. The molecule has 0 aromatic rings. The number of rotatable bonds is 0. The van der Waals surface area contributed by atoms with Gasteiger partial charge in [0.1, 0.15) is 0 Å². The van der Waals surface area contributed by atoms with Gasteiger partial charge < -0.3 is 20.8 Å². The fourth-order valence-corrected chi connectivity index (χ4v) is 0.